The van der Waals surface area contributed by atoms with Crippen LogP contribution in [-0.2, 0) is 11.0 Å². The van der Waals surface area contributed by atoms with Crippen molar-refractivity contribution in [1.29, 1.82) is 0 Å². The smallest absolute Gasteiger partial charge is 0.418 e. The average Bonchev–Trinajstić information content (AvgIpc) is 2.77. The molecule has 1 aliphatic rings. The molecule has 2 aromatic carbocycles. The summed E-state index contributed by atoms with van der Waals surface area (Å²) in [6, 6.07) is 9.75. The maximum absolute atomic E-state index is 13.1. The van der Waals surface area contributed by atoms with Gasteiger partial charge in [0.15, 0.2) is 11.5 Å². The van der Waals surface area contributed by atoms with Crippen LogP contribution >= 0.6 is 0 Å². The third-order valence-corrected chi connectivity index (χ3v) is 5.27. The van der Waals surface area contributed by atoms with Gasteiger partial charge < -0.3 is 19.7 Å². The Balaban J connectivity index is 1.62. The zero-order valence-electron chi connectivity index (χ0n) is 17.2. The minimum atomic E-state index is -4.56. The predicted octanol–water partition coefficient (Wildman–Crippen LogP) is 4.21. The van der Waals surface area contributed by atoms with Gasteiger partial charge in [0.05, 0.1) is 25.5 Å². The normalized spacial score (nSPS) is 14.8. The first-order valence-corrected chi connectivity index (χ1v) is 9.73. The van der Waals surface area contributed by atoms with Gasteiger partial charge in [0, 0.05) is 24.6 Å². The minimum Gasteiger partial charge on any atom is -0.493 e. The minimum absolute atomic E-state index is 0.206. The van der Waals surface area contributed by atoms with E-state index in [1.807, 2.05) is 0 Å². The Morgan fingerprint density at radius 1 is 1.00 bits per heavy atom. The third kappa shape index (κ3) is 5.10. The van der Waals surface area contributed by atoms with Crippen LogP contribution in [-0.4, -0.2) is 44.0 Å². The van der Waals surface area contributed by atoms with Crippen molar-refractivity contribution in [3.63, 3.8) is 0 Å². The Kier molecular flexibility index (Phi) is 6.72. The Bertz CT molecular complexity index is 954. The number of halogens is 3. The molecule has 1 fully saturated rings. The molecule has 0 aromatic heterocycles. The highest BCUT2D eigenvalue weighted by molar-refractivity contribution is 5.96. The van der Waals surface area contributed by atoms with Gasteiger partial charge >= 0.3 is 6.18 Å². The second-order valence-electron chi connectivity index (χ2n) is 7.17. The van der Waals surface area contributed by atoms with Crippen LogP contribution in [0.5, 0.6) is 11.5 Å². The van der Waals surface area contributed by atoms with Crippen LogP contribution in [0.15, 0.2) is 42.5 Å². The van der Waals surface area contributed by atoms with Gasteiger partial charge in [-0.3, -0.25) is 9.59 Å². The molecule has 1 heterocycles. The van der Waals surface area contributed by atoms with E-state index in [4.69, 9.17) is 9.47 Å². The number of piperidine rings is 1. The summed E-state index contributed by atoms with van der Waals surface area (Å²) in [6.45, 7) is 0.651. The summed E-state index contributed by atoms with van der Waals surface area (Å²) in [4.78, 5) is 26.9. The molecule has 1 saturated heterocycles. The number of hydrogen-bond acceptors (Lipinski definition) is 4. The van der Waals surface area contributed by atoms with Gasteiger partial charge in [-0.25, -0.2) is 0 Å². The fourth-order valence-corrected chi connectivity index (χ4v) is 3.57. The first kappa shape index (κ1) is 22.5. The first-order chi connectivity index (χ1) is 14.7. The lowest BCUT2D eigenvalue weighted by Crippen LogP contribution is -2.41. The van der Waals surface area contributed by atoms with E-state index in [2.05, 4.69) is 5.32 Å². The number of alkyl halides is 3. The van der Waals surface area contributed by atoms with Crippen molar-refractivity contribution < 1.29 is 32.2 Å². The highest BCUT2D eigenvalue weighted by atomic mass is 19.4. The Morgan fingerprint density at radius 3 is 2.26 bits per heavy atom. The van der Waals surface area contributed by atoms with E-state index in [1.54, 1.807) is 23.1 Å². The maximum atomic E-state index is 13.1. The summed E-state index contributed by atoms with van der Waals surface area (Å²) in [7, 11) is 2.98. The van der Waals surface area contributed by atoms with Gasteiger partial charge in [0.25, 0.3) is 5.91 Å². The summed E-state index contributed by atoms with van der Waals surface area (Å²) in [5, 5.41) is 2.40. The van der Waals surface area contributed by atoms with E-state index < -0.39 is 23.6 Å². The predicted molar refractivity (Wildman–Crippen MR) is 108 cm³/mol. The number of methoxy groups -OCH3 is 2. The van der Waals surface area contributed by atoms with Crippen molar-refractivity contribution in [2.24, 2.45) is 5.92 Å². The number of para-hydroxylation sites is 1. The number of ether oxygens (including phenoxy) is 2. The maximum Gasteiger partial charge on any atom is 0.418 e. The largest absolute Gasteiger partial charge is 0.493 e. The number of likely N-dealkylation sites (tertiary alicyclic amines) is 1. The highest BCUT2D eigenvalue weighted by Crippen LogP contribution is 2.35. The number of amides is 2. The number of rotatable bonds is 5. The second-order valence-corrected chi connectivity index (χ2v) is 7.17. The van der Waals surface area contributed by atoms with Crippen molar-refractivity contribution in [3.05, 3.63) is 53.6 Å². The SMILES string of the molecule is COc1ccc(C(=O)N2CCC(C(=O)Nc3ccccc3C(F)(F)F)CC2)cc1OC. The molecular formula is C22H23F3N2O4. The summed E-state index contributed by atoms with van der Waals surface area (Å²) in [5.74, 6) is -0.215. The van der Waals surface area contributed by atoms with E-state index in [9.17, 15) is 22.8 Å². The first-order valence-electron chi connectivity index (χ1n) is 9.73. The number of carbonyl (C=O) groups excluding carboxylic acids is 2. The third-order valence-electron chi connectivity index (χ3n) is 5.27. The molecular weight excluding hydrogens is 413 g/mol. The molecule has 9 heteroatoms. The van der Waals surface area contributed by atoms with Crippen LogP contribution in [0.25, 0.3) is 0 Å². The summed E-state index contributed by atoms with van der Waals surface area (Å²) < 4.78 is 49.8. The van der Waals surface area contributed by atoms with Crippen molar-refractivity contribution >= 4 is 17.5 Å². The van der Waals surface area contributed by atoms with E-state index in [0.717, 1.165) is 6.07 Å². The molecule has 0 unspecified atom stereocenters. The number of nitrogens with one attached hydrogen (secondary N) is 1. The van der Waals surface area contributed by atoms with E-state index in [0.29, 0.717) is 43.0 Å². The topological polar surface area (TPSA) is 67.9 Å². The summed E-state index contributed by atoms with van der Waals surface area (Å²) >= 11 is 0. The van der Waals surface area contributed by atoms with Crippen LogP contribution in [0, 0.1) is 5.92 Å². The van der Waals surface area contributed by atoms with Gasteiger partial charge in [-0.15, -0.1) is 0 Å². The number of anilines is 1. The van der Waals surface area contributed by atoms with Crippen LogP contribution in [0.3, 0.4) is 0 Å². The molecule has 0 radical (unpaired) electrons. The van der Waals surface area contributed by atoms with Gasteiger partial charge in [0.2, 0.25) is 5.91 Å². The van der Waals surface area contributed by atoms with E-state index >= 15 is 0 Å². The van der Waals surface area contributed by atoms with Crippen LogP contribution < -0.4 is 14.8 Å². The number of carbonyl (C=O) groups is 2. The molecule has 0 spiro atoms. The average molecular weight is 436 g/mol. The zero-order valence-corrected chi connectivity index (χ0v) is 17.2. The van der Waals surface area contributed by atoms with Gasteiger partial charge in [0.1, 0.15) is 0 Å². The molecule has 31 heavy (non-hydrogen) atoms. The number of hydrogen-bond donors (Lipinski definition) is 1. The fraction of sp³-hybridized carbons (Fsp3) is 0.364. The molecule has 2 aromatic rings. The number of benzene rings is 2. The molecule has 166 valence electrons. The van der Waals surface area contributed by atoms with Crippen LogP contribution in [0.1, 0.15) is 28.8 Å². The van der Waals surface area contributed by atoms with Gasteiger partial charge in [-0.05, 0) is 43.2 Å². The van der Waals surface area contributed by atoms with Crippen molar-refractivity contribution in [2.45, 2.75) is 19.0 Å². The van der Waals surface area contributed by atoms with E-state index in [1.165, 1.54) is 32.4 Å². The Morgan fingerprint density at radius 2 is 1.65 bits per heavy atom. The molecule has 0 bridgehead atoms. The molecule has 1 N–H and O–H groups in total. The lowest BCUT2D eigenvalue weighted by Gasteiger charge is -2.31. The van der Waals surface area contributed by atoms with Gasteiger partial charge in [-0.2, -0.15) is 13.2 Å². The quantitative estimate of drug-likeness (QED) is 0.763. The molecule has 0 atom stereocenters. The summed E-state index contributed by atoms with van der Waals surface area (Å²) in [6.07, 6.45) is -3.84. The lowest BCUT2D eigenvalue weighted by molar-refractivity contribution is -0.137. The molecule has 2 amide bonds. The Hall–Kier alpha value is -3.23. The number of nitrogens with zero attached hydrogens (tertiary/aromatic N) is 1. The zero-order chi connectivity index (χ0) is 22.6. The lowest BCUT2D eigenvalue weighted by atomic mass is 9.95. The molecule has 6 nitrogen and oxygen atoms in total. The standard InChI is InChI=1S/C22H23F3N2O4/c1-30-18-8-7-15(13-19(18)31-2)21(29)27-11-9-14(10-12-27)20(28)26-17-6-4-3-5-16(17)22(23,24)25/h3-8,13-14H,9-12H2,1-2H3,(H,26,28). The van der Waals surface area contributed by atoms with E-state index in [-0.39, 0.29) is 11.6 Å². The molecule has 0 saturated carbocycles. The Labute approximate surface area is 177 Å². The molecule has 1 aliphatic heterocycles. The van der Waals surface area contributed by atoms with Crippen molar-refractivity contribution in [3.8, 4) is 11.5 Å². The monoisotopic (exact) mass is 436 g/mol. The van der Waals surface area contributed by atoms with Crippen molar-refractivity contribution in [1.82, 2.24) is 4.90 Å². The highest BCUT2D eigenvalue weighted by Gasteiger charge is 2.35. The van der Waals surface area contributed by atoms with Crippen LogP contribution in [0.2, 0.25) is 0 Å². The van der Waals surface area contributed by atoms with Gasteiger partial charge in [-0.1, -0.05) is 12.1 Å². The molecule has 3 rings (SSSR count). The molecule has 0 aliphatic carbocycles. The van der Waals surface area contributed by atoms with Crippen LogP contribution in [0.4, 0.5) is 18.9 Å². The van der Waals surface area contributed by atoms with Crippen molar-refractivity contribution in [2.75, 3.05) is 32.6 Å². The fourth-order valence-electron chi connectivity index (χ4n) is 3.57. The summed E-state index contributed by atoms with van der Waals surface area (Å²) in [5.41, 5.74) is -0.715. The second kappa shape index (κ2) is 9.28.